The second kappa shape index (κ2) is 50.7. The van der Waals surface area contributed by atoms with Gasteiger partial charge in [0.05, 0.1) is 67.3 Å². The van der Waals surface area contributed by atoms with Crippen LogP contribution >= 0.6 is 46.1 Å². The Morgan fingerprint density at radius 1 is 0.476 bits per heavy atom. The first kappa shape index (κ1) is 106. The number of halogens is 4. The van der Waals surface area contributed by atoms with Gasteiger partial charge in [-0.05, 0) is 252 Å². The van der Waals surface area contributed by atoms with Crippen molar-refractivity contribution in [1.82, 2.24) is 97.2 Å². The van der Waals surface area contributed by atoms with Crippen LogP contribution in [0.3, 0.4) is 0 Å². The van der Waals surface area contributed by atoms with E-state index in [1.54, 1.807) is 102 Å². The molecule has 762 valence electrons. The SMILES string of the molecule is C=CCN(Cc1nc2cccnc2n1CC1CC1)C(=O)c1cc(Cl)ccc1OC.CC(C)CCN(Cc1nc2cccnc2n1CC1CC1)C(=O)Cc1cccc(Cl)c1.CC(C)CCN(Cc1nc2cccnc2n1CC1CC1)C(=O)c1c(F)cccc1Cl.CCCCCN(Cc1nc2cccnc2n1CCC)C(=O)c1ccc2c(c1)OCO2.CCCN(Cc1nc2cccnc2n1CC(C)C)C(=O)c1ccc(C)s1. The first-order valence-corrected chi connectivity index (χ1v) is 52.7. The summed E-state index contributed by atoms with van der Waals surface area (Å²) in [6.45, 7) is 34.8. The number of aromatic nitrogens is 15. The number of fused-ring (bicyclic) bond motifs is 6. The summed E-state index contributed by atoms with van der Waals surface area (Å²) >= 11 is 20.0. The predicted octanol–water partition coefficient (Wildman–Crippen LogP) is 23.7. The van der Waals surface area contributed by atoms with E-state index in [2.05, 4.69) is 117 Å². The van der Waals surface area contributed by atoms with E-state index in [0.29, 0.717) is 139 Å². The van der Waals surface area contributed by atoms with Gasteiger partial charge in [-0.1, -0.05) is 134 Å². The third-order valence-corrected chi connectivity index (χ3v) is 27.5. The molecule has 0 unspecified atom stereocenters. The summed E-state index contributed by atoms with van der Waals surface area (Å²) in [4.78, 5) is 124. The second-order valence-corrected chi connectivity index (χ2v) is 41.5. The monoisotopic (exact) mass is 2040 g/mol. The highest BCUT2D eigenvalue weighted by atomic mass is 35.5. The van der Waals surface area contributed by atoms with Gasteiger partial charge < -0.3 is 61.5 Å². The zero-order valence-corrected chi connectivity index (χ0v) is 88.0. The van der Waals surface area contributed by atoms with E-state index >= 15 is 0 Å². The minimum atomic E-state index is -0.602. The third kappa shape index (κ3) is 28.2. The molecule has 3 fully saturated rings. The average molecular weight is 2040 g/mol. The van der Waals surface area contributed by atoms with Crippen molar-refractivity contribution in [3.63, 3.8) is 0 Å². The third-order valence-electron chi connectivity index (χ3n) is 25.7. The van der Waals surface area contributed by atoms with Crippen LogP contribution in [0.5, 0.6) is 17.2 Å². The van der Waals surface area contributed by atoms with E-state index in [9.17, 15) is 28.4 Å². The van der Waals surface area contributed by atoms with Crippen LogP contribution in [-0.2, 0) is 76.7 Å². The van der Waals surface area contributed by atoms with Crippen LogP contribution in [0, 0.1) is 48.2 Å². The van der Waals surface area contributed by atoms with Gasteiger partial charge in [-0.3, -0.25) is 24.0 Å². The molecule has 0 N–H and O–H groups in total. The molecule has 33 heteroatoms. The number of amides is 5. The molecule has 3 aliphatic carbocycles. The van der Waals surface area contributed by atoms with Crippen molar-refractivity contribution in [3.8, 4) is 17.2 Å². The predicted molar refractivity (Wildman–Crippen MR) is 570 cm³/mol. The zero-order valence-electron chi connectivity index (χ0n) is 84.9. The van der Waals surface area contributed by atoms with Crippen molar-refractivity contribution >= 4 is 131 Å². The lowest BCUT2D eigenvalue weighted by Crippen LogP contribution is -2.34. The molecule has 5 amide bonds. The summed E-state index contributed by atoms with van der Waals surface area (Å²) in [6.07, 6.45) is 25.2. The molecule has 0 atom stereocenters. The number of benzene rings is 4. The summed E-state index contributed by atoms with van der Waals surface area (Å²) in [5.41, 5.74) is 10.6. The van der Waals surface area contributed by atoms with Gasteiger partial charge in [0, 0.05) is 117 Å². The number of ether oxygens (including phenoxy) is 3. The van der Waals surface area contributed by atoms with Crippen LogP contribution in [0.4, 0.5) is 4.39 Å². The molecule has 0 saturated heterocycles. The Morgan fingerprint density at radius 2 is 0.952 bits per heavy atom. The molecular formula is C112H132Cl3FN20O8S. The van der Waals surface area contributed by atoms with Crippen LogP contribution in [0.1, 0.15) is 226 Å². The first-order chi connectivity index (χ1) is 70.2. The fourth-order valence-corrected chi connectivity index (χ4v) is 19.0. The van der Waals surface area contributed by atoms with Gasteiger partial charge in [0.2, 0.25) is 12.7 Å². The number of pyridine rings is 5. The van der Waals surface area contributed by atoms with Gasteiger partial charge >= 0.3 is 0 Å². The van der Waals surface area contributed by atoms with E-state index < -0.39 is 11.7 Å². The maximum Gasteiger partial charge on any atom is 0.264 e. The lowest BCUT2D eigenvalue weighted by atomic mass is 10.1. The summed E-state index contributed by atoms with van der Waals surface area (Å²) in [6, 6.07) is 45.5. The number of hydrogen-bond donors (Lipinski definition) is 0. The summed E-state index contributed by atoms with van der Waals surface area (Å²) in [5, 5.41) is 1.27. The average Bonchev–Trinajstić information content (AvgIpc) is 1.67. The highest BCUT2D eigenvalue weighted by molar-refractivity contribution is 7.13. The Hall–Kier alpha value is -13.0. The van der Waals surface area contributed by atoms with Crippen LogP contribution in [0.2, 0.25) is 15.1 Å². The molecule has 11 aromatic heterocycles. The quantitative estimate of drug-likeness (QED) is 0.0254. The molecule has 1 aliphatic heterocycles. The highest BCUT2D eigenvalue weighted by Gasteiger charge is 2.34. The number of rotatable bonds is 41. The minimum Gasteiger partial charge on any atom is -0.496 e. The molecule has 145 heavy (non-hydrogen) atoms. The maximum absolute atomic E-state index is 14.5. The number of thiophene rings is 1. The van der Waals surface area contributed by atoms with Gasteiger partial charge in [-0.2, -0.15) is 0 Å². The summed E-state index contributed by atoms with van der Waals surface area (Å²) in [7, 11) is 1.54. The molecule has 4 aliphatic rings. The molecule has 19 rings (SSSR count). The smallest absolute Gasteiger partial charge is 0.264 e. The Kier molecular flexibility index (Phi) is 37.1. The number of aryl methyl sites for hydroxylation is 2. The normalized spacial score (nSPS) is 13.1. The molecular weight excluding hydrogens is 1910 g/mol. The fourth-order valence-electron chi connectivity index (χ4n) is 17.6. The lowest BCUT2D eigenvalue weighted by molar-refractivity contribution is -0.131. The molecule has 15 aromatic rings. The number of carbonyl (C=O) groups excluding carboxylic acids is 5. The molecule has 0 radical (unpaired) electrons. The number of nitrogens with zero attached hydrogens (tertiary/aromatic N) is 20. The van der Waals surface area contributed by atoms with Crippen molar-refractivity contribution in [3.05, 3.63) is 277 Å². The van der Waals surface area contributed by atoms with Crippen LogP contribution in [0.15, 0.2) is 195 Å². The Bertz CT molecular complexity index is 6960. The minimum absolute atomic E-state index is 0.0209. The van der Waals surface area contributed by atoms with Gasteiger partial charge in [-0.25, -0.2) is 54.2 Å². The van der Waals surface area contributed by atoms with E-state index in [-0.39, 0.29) is 41.0 Å². The van der Waals surface area contributed by atoms with E-state index in [0.717, 1.165) is 184 Å². The number of imidazole rings is 5. The van der Waals surface area contributed by atoms with Gasteiger partial charge in [0.1, 0.15) is 68.3 Å². The number of unbranched alkanes of at least 4 members (excludes halogenated alkanes) is 2. The lowest BCUT2D eigenvalue weighted by Gasteiger charge is -2.24. The molecule has 0 spiro atoms. The fraction of sp³-hybridized carbons (Fsp3) is 0.420. The topological polar surface area (TPSA) is 283 Å². The van der Waals surface area contributed by atoms with E-state index in [4.69, 9.17) is 73.9 Å². The largest absolute Gasteiger partial charge is 0.496 e. The Morgan fingerprint density at radius 3 is 1.43 bits per heavy atom. The molecule has 4 aromatic carbocycles. The first-order valence-electron chi connectivity index (χ1n) is 50.8. The standard InChI is InChI=1S/C24H29ClN4O.C23H26ClFN4O.C23H28N4O3.C22H23ClN4O2.C20H26N4OS/c1-17(2)10-12-28(23(30)14-19-5-3-6-20(25)13-19)16-22-27-21-7-4-11-26-24(21)29(22)15-18-8-9-18;1-15(2)10-12-28(23(30)21-17(24)5-3-6-18(21)25)14-20-27-19-7-4-11-26-22(19)29(20)13-16-8-9-16;1-3-5-6-13-26(23(28)17-9-10-19-20(14-17)30-16-29-19)15-21-25-18-8-7-11-24-22(18)27(21)12-4-2;1-3-11-26(22(28)17-12-16(23)8-9-19(17)29-2)14-20-25-18-5-4-10-24-21(18)27(20)13-15-6-7-15;1-5-11-23(20(25)17-9-8-15(4)26-17)13-18-22-16-7-6-10-21-19(16)24(18)12-14(2)3/h3-7,11,13,17-18H,8-10,12,14-16H2,1-2H3;3-7,11,15-16H,8-10,12-14H2,1-2H3;7-11,14H,3-6,12-13,15-16H2,1-2H3;3-5,8-10,12,15H,1,6-7,11,13-14H2,2H3;6-10,14H,5,11-13H2,1-4H3. The van der Waals surface area contributed by atoms with E-state index in [1.165, 1.54) is 50.7 Å². The Labute approximate surface area is 866 Å². The van der Waals surface area contributed by atoms with Crippen molar-refractivity contribution in [2.75, 3.05) is 46.6 Å². The number of hydrogen-bond acceptors (Lipinski definition) is 19. The maximum atomic E-state index is 14.5. The highest BCUT2D eigenvalue weighted by Crippen LogP contribution is 2.38. The molecule has 3 saturated carbocycles. The van der Waals surface area contributed by atoms with Crippen LogP contribution < -0.4 is 14.2 Å². The van der Waals surface area contributed by atoms with E-state index in [1.807, 2.05) is 125 Å². The van der Waals surface area contributed by atoms with Gasteiger partial charge in [-0.15, -0.1) is 17.9 Å². The van der Waals surface area contributed by atoms with Crippen LogP contribution in [0.25, 0.3) is 55.8 Å². The molecule has 12 heterocycles. The number of carbonyl (C=O) groups is 5. The van der Waals surface area contributed by atoms with Gasteiger partial charge in [0.15, 0.2) is 39.7 Å². The van der Waals surface area contributed by atoms with Gasteiger partial charge in [0.25, 0.3) is 23.6 Å². The summed E-state index contributed by atoms with van der Waals surface area (Å²) < 4.78 is 41.5. The van der Waals surface area contributed by atoms with Crippen molar-refractivity contribution in [2.24, 2.45) is 35.5 Å². The molecule has 28 nitrogen and oxygen atoms in total. The molecule has 0 bridgehead atoms. The Balaban J connectivity index is 0.000000136. The van der Waals surface area contributed by atoms with Crippen molar-refractivity contribution in [1.29, 1.82) is 0 Å². The second-order valence-electron chi connectivity index (χ2n) is 39.0. The number of methoxy groups -OCH3 is 1. The zero-order chi connectivity index (χ0) is 102. The van der Waals surface area contributed by atoms with Crippen molar-refractivity contribution in [2.45, 2.75) is 225 Å². The summed E-state index contributed by atoms with van der Waals surface area (Å²) in [5.74, 6) is 8.48. The van der Waals surface area contributed by atoms with Crippen molar-refractivity contribution < 1.29 is 42.6 Å². The van der Waals surface area contributed by atoms with Crippen LogP contribution in [-0.4, -0.2) is 173 Å².